The Morgan fingerprint density at radius 2 is 2.26 bits per heavy atom. The molecule has 2 rings (SSSR count). The van der Waals surface area contributed by atoms with Gasteiger partial charge in [-0.25, -0.2) is 4.98 Å². The Balaban J connectivity index is 1.85. The predicted octanol–water partition coefficient (Wildman–Crippen LogP) is 2.76. The van der Waals surface area contributed by atoms with Gasteiger partial charge in [-0.1, -0.05) is 5.57 Å². The molecule has 23 heavy (non-hydrogen) atoms. The zero-order valence-electron chi connectivity index (χ0n) is 14.9. The van der Waals surface area contributed by atoms with Crippen molar-refractivity contribution >= 4 is 5.91 Å². The Bertz CT molecular complexity index is 543. The highest BCUT2D eigenvalue weighted by Gasteiger charge is 2.21. The van der Waals surface area contributed by atoms with E-state index in [0.29, 0.717) is 12.0 Å². The van der Waals surface area contributed by atoms with Crippen LogP contribution in [0.5, 0.6) is 0 Å². The van der Waals surface area contributed by atoms with Crippen LogP contribution in [0.1, 0.15) is 52.4 Å². The van der Waals surface area contributed by atoms with E-state index in [1.807, 2.05) is 20.0 Å². The van der Waals surface area contributed by atoms with Gasteiger partial charge in [-0.3, -0.25) is 9.69 Å². The average Bonchev–Trinajstić information content (AvgIpc) is 2.93. The Hall–Kier alpha value is -1.62. The molecule has 0 bridgehead atoms. The van der Waals surface area contributed by atoms with E-state index in [9.17, 15) is 4.79 Å². The maximum atomic E-state index is 11.7. The molecule has 1 aliphatic rings. The predicted molar refractivity (Wildman–Crippen MR) is 93.1 cm³/mol. The Morgan fingerprint density at radius 3 is 2.96 bits per heavy atom. The summed E-state index contributed by atoms with van der Waals surface area (Å²) >= 11 is 0. The highest BCUT2D eigenvalue weighted by atomic mass is 16.1. The van der Waals surface area contributed by atoms with Crippen molar-refractivity contribution in [2.45, 2.75) is 53.1 Å². The van der Waals surface area contributed by atoms with Crippen LogP contribution in [0.4, 0.5) is 0 Å². The van der Waals surface area contributed by atoms with E-state index in [0.717, 1.165) is 37.6 Å². The van der Waals surface area contributed by atoms with Crippen LogP contribution in [0.25, 0.3) is 0 Å². The molecular weight excluding hydrogens is 288 g/mol. The monoisotopic (exact) mass is 318 g/mol. The first-order chi connectivity index (χ1) is 11.0. The number of piperidine rings is 1. The number of carbonyl (C=O) groups excluding carboxylic acids is 1. The molecule has 0 unspecified atom stereocenters. The third kappa shape index (κ3) is 5.50. The lowest BCUT2D eigenvalue weighted by Crippen LogP contribution is -2.40. The number of nitrogens with one attached hydrogen (secondary N) is 1. The van der Waals surface area contributed by atoms with E-state index in [1.54, 1.807) is 6.08 Å². The summed E-state index contributed by atoms with van der Waals surface area (Å²) in [6.07, 6.45) is 7.98. The van der Waals surface area contributed by atoms with E-state index in [-0.39, 0.29) is 5.91 Å². The first kappa shape index (κ1) is 17.7. The molecular formula is C18H30N4O. The lowest BCUT2D eigenvalue weighted by Gasteiger charge is -2.32. The number of amides is 1. The quantitative estimate of drug-likeness (QED) is 0.821. The lowest BCUT2D eigenvalue weighted by molar-refractivity contribution is -0.116. The van der Waals surface area contributed by atoms with Crippen LogP contribution in [0.15, 0.2) is 24.0 Å². The van der Waals surface area contributed by atoms with E-state index in [4.69, 9.17) is 0 Å². The van der Waals surface area contributed by atoms with E-state index in [1.165, 1.54) is 12.8 Å². The molecule has 1 fully saturated rings. The minimum atomic E-state index is 0.0254. The maximum Gasteiger partial charge on any atom is 0.243 e. The van der Waals surface area contributed by atoms with Crippen LogP contribution in [0, 0.1) is 5.92 Å². The molecule has 1 aromatic rings. The number of rotatable bonds is 6. The summed E-state index contributed by atoms with van der Waals surface area (Å²) < 4.78 is 2.24. The second-order valence-electron chi connectivity index (χ2n) is 7.05. The van der Waals surface area contributed by atoms with Crippen LogP contribution in [-0.4, -0.2) is 40.0 Å². The fourth-order valence-electron chi connectivity index (χ4n) is 3.16. The summed E-state index contributed by atoms with van der Waals surface area (Å²) in [4.78, 5) is 18.7. The molecule has 0 spiro atoms. The summed E-state index contributed by atoms with van der Waals surface area (Å²) in [6.45, 7) is 12.0. The summed E-state index contributed by atoms with van der Waals surface area (Å²) in [5, 5.41) is 3.03. The van der Waals surface area contributed by atoms with E-state index < -0.39 is 0 Å². The molecule has 0 saturated carbocycles. The van der Waals surface area contributed by atoms with Gasteiger partial charge in [0.05, 0.1) is 6.54 Å². The minimum absolute atomic E-state index is 0.0254. The molecule has 2 heterocycles. The van der Waals surface area contributed by atoms with Gasteiger partial charge in [0.25, 0.3) is 0 Å². The zero-order valence-corrected chi connectivity index (χ0v) is 14.9. The largest absolute Gasteiger partial charge is 0.352 e. The van der Waals surface area contributed by atoms with Crippen molar-refractivity contribution < 1.29 is 4.79 Å². The first-order valence-electron chi connectivity index (χ1n) is 8.62. The number of aromatic nitrogens is 2. The fourth-order valence-corrected chi connectivity index (χ4v) is 3.16. The van der Waals surface area contributed by atoms with Crippen LogP contribution >= 0.6 is 0 Å². The number of hydrogen-bond donors (Lipinski definition) is 1. The summed E-state index contributed by atoms with van der Waals surface area (Å²) in [5.74, 6) is 1.69. The van der Waals surface area contributed by atoms with Crippen LogP contribution < -0.4 is 5.32 Å². The summed E-state index contributed by atoms with van der Waals surface area (Å²) in [6, 6.07) is 0.441. The first-order valence-corrected chi connectivity index (χ1v) is 8.62. The lowest BCUT2D eigenvalue weighted by atomic mass is 9.98. The van der Waals surface area contributed by atoms with Crippen molar-refractivity contribution in [3.05, 3.63) is 29.9 Å². The molecule has 1 aliphatic heterocycles. The van der Waals surface area contributed by atoms with E-state index in [2.05, 4.69) is 39.8 Å². The third-order valence-corrected chi connectivity index (χ3v) is 4.26. The van der Waals surface area contributed by atoms with Gasteiger partial charge in [-0.15, -0.1) is 0 Å². The summed E-state index contributed by atoms with van der Waals surface area (Å²) in [7, 11) is 0. The number of likely N-dealkylation sites (tertiary alicyclic amines) is 1. The average molecular weight is 318 g/mol. The molecule has 0 aliphatic carbocycles. The second-order valence-corrected chi connectivity index (χ2v) is 7.05. The number of carbonyl (C=O) groups is 1. The zero-order chi connectivity index (χ0) is 16.8. The third-order valence-electron chi connectivity index (χ3n) is 4.26. The van der Waals surface area contributed by atoms with Gasteiger partial charge in [-0.05, 0) is 53.0 Å². The maximum absolute atomic E-state index is 11.7. The smallest absolute Gasteiger partial charge is 0.243 e. The number of nitrogens with zero attached hydrogens (tertiary/aromatic N) is 3. The van der Waals surface area contributed by atoms with Gasteiger partial charge in [0, 0.05) is 37.6 Å². The number of hydrogen-bond acceptors (Lipinski definition) is 3. The van der Waals surface area contributed by atoms with Crippen molar-refractivity contribution in [1.29, 1.82) is 0 Å². The molecule has 1 saturated heterocycles. The van der Waals surface area contributed by atoms with Crippen molar-refractivity contribution in [1.82, 2.24) is 19.8 Å². The topological polar surface area (TPSA) is 50.2 Å². The molecule has 0 radical (unpaired) electrons. The molecule has 128 valence electrons. The van der Waals surface area contributed by atoms with Crippen molar-refractivity contribution in [3.63, 3.8) is 0 Å². The molecule has 5 heteroatoms. The molecule has 1 amide bonds. The van der Waals surface area contributed by atoms with Gasteiger partial charge in [0.1, 0.15) is 5.82 Å². The second kappa shape index (κ2) is 8.29. The van der Waals surface area contributed by atoms with E-state index >= 15 is 0 Å². The Labute approximate surface area is 139 Å². The minimum Gasteiger partial charge on any atom is -0.352 e. The number of allylic oxidation sites excluding steroid dienone is 1. The Morgan fingerprint density at radius 1 is 1.48 bits per heavy atom. The molecule has 5 nitrogen and oxygen atoms in total. The van der Waals surface area contributed by atoms with Crippen molar-refractivity contribution in [2.75, 3.05) is 19.6 Å². The normalized spacial score (nSPS) is 18.9. The van der Waals surface area contributed by atoms with Gasteiger partial charge >= 0.3 is 0 Å². The Kier molecular flexibility index (Phi) is 6.39. The molecule has 1 atom stereocenters. The standard InChI is InChI=1S/C18H30N4O/c1-14(2)10-18(23)20-11-16-6-5-8-21(12-16)13-17-19-7-9-22(17)15(3)4/h7,9-10,15-16H,5-6,8,11-13H2,1-4H3,(H,20,23)/t16-/m0/s1. The van der Waals surface area contributed by atoms with Crippen LogP contribution in [0.2, 0.25) is 0 Å². The van der Waals surface area contributed by atoms with Crippen LogP contribution in [0.3, 0.4) is 0 Å². The highest BCUT2D eigenvalue weighted by Crippen LogP contribution is 2.18. The molecule has 1 N–H and O–H groups in total. The SMILES string of the molecule is CC(C)=CC(=O)NC[C@@H]1CCCN(Cc2nccn2C(C)C)C1. The van der Waals surface area contributed by atoms with Gasteiger partial charge < -0.3 is 9.88 Å². The van der Waals surface area contributed by atoms with Gasteiger partial charge in [0.15, 0.2) is 0 Å². The van der Waals surface area contributed by atoms with Crippen LogP contribution in [-0.2, 0) is 11.3 Å². The van der Waals surface area contributed by atoms with Crippen molar-refractivity contribution in [2.24, 2.45) is 5.92 Å². The summed E-state index contributed by atoms with van der Waals surface area (Å²) in [5.41, 5.74) is 1.04. The van der Waals surface area contributed by atoms with Gasteiger partial charge in [-0.2, -0.15) is 0 Å². The van der Waals surface area contributed by atoms with Crippen molar-refractivity contribution in [3.8, 4) is 0 Å². The van der Waals surface area contributed by atoms with Gasteiger partial charge in [0.2, 0.25) is 5.91 Å². The molecule has 1 aromatic heterocycles. The fraction of sp³-hybridized carbons (Fsp3) is 0.667. The highest BCUT2D eigenvalue weighted by molar-refractivity contribution is 5.87. The number of imidazole rings is 1. The molecule has 0 aromatic carbocycles.